The van der Waals surface area contributed by atoms with E-state index in [2.05, 4.69) is 50.8 Å². The van der Waals surface area contributed by atoms with E-state index < -0.39 is 26.5 Å². The molecule has 1 aromatic heterocycles. The highest BCUT2D eigenvalue weighted by molar-refractivity contribution is 7.99. The molecule has 4 aliphatic rings. The number of benzene rings is 3. The SMILES string of the molecule is C=S1(=O)NC(=O)c2ccc3c(c2)N(C[C@@H]2CC[C@H]2[C@@](O)(c2cncc(-c4ccccc4)c2)/C=C/C[C@H](C)[C@H]1C)C[C@@]1(CCCc2cc(Cl)ccc21)CO3. The van der Waals surface area contributed by atoms with Gasteiger partial charge in [-0.2, -0.15) is 0 Å². The molecule has 8 rings (SSSR count). The summed E-state index contributed by atoms with van der Waals surface area (Å²) < 4.78 is 23.5. The van der Waals surface area contributed by atoms with Gasteiger partial charge in [0, 0.05) is 63.8 Å². The van der Waals surface area contributed by atoms with Gasteiger partial charge in [-0.3, -0.25) is 14.5 Å². The number of ether oxygens (including phenoxy) is 1. The van der Waals surface area contributed by atoms with Crippen molar-refractivity contribution < 1.29 is 18.8 Å². The van der Waals surface area contributed by atoms with Crippen molar-refractivity contribution in [3.8, 4) is 16.9 Å². The zero-order valence-corrected chi connectivity index (χ0v) is 32.0. The number of anilines is 1. The van der Waals surface area contributed by atoms with Crippen LogP contribution in [0.2, 0.25) is 5.02 Å². The van der Waals surface area contributed by atoms with Gasteiger partial charge in [-0.05, 0) is 116 Å². The number of aryl methyl sites for hydroxylation is 1. The predicted molar refractivity (Wildman–Crippen MR) is 215 cm³/mol. The van der Waals surface area contributed by atoms with Crippen molar-refractivity contribution >= 4 is 38.8 Å². The fraction of sp³-hybridized carbons (Fsp3) is 0.386. The molecule has 2 aliphatic heterocycles. The fourth-order valence-corrected chi connectivity index (χ4v) is 10.8. The van der Waals surface area contributed by atoms with Crippen LogP contribution in [0.4, 0.5) is 5.69 Å². The largest absolute Gasteiger partial charge is 0.490 e. The van der Waals surface area contributed by atoms with E-state index in [0.29, 0.717) is 37.4 Å². The average molecular weight is 750 g/mol. The molecular weight excluding hydrogens is 702 g/mol. The Morgan fingerprint density at radius 3 is 2.64 bits per heavy atom. The third-order valence-electron chi connectivity index (χ3n) is 12.6. The summed E-state index contributed by atoms with van der Waals surface area (Å²) in [6.07, 6.45) is 12.9. The molecule has 4 aromatic rings. The van der Waals surface area contributed by atoms with Gasteiger partial charge < -0.3 is 14.7 Å². The van der Waals surface area contributed by atoms with Gasteiger partial charge >= 0.3 is 0 Å². The summed E-state index contributed by atoms with van der Waals surface area (Å²) in [7, 11) is -3.02. The van der Waals surface area contributed by atoms with Gasteiger partial charge in [-0.1, -0.05) is 67.1 Å². The second-order valence-corrected chi connectivity index (χ2v) is 18.7. The Labute approximate surface area is 318 Å². The maximum absolute atomic E-state index is 14.0. The normalized spacial score (nSPS) is 31.9. The predicted octanol–water partition coefficient (Wildman–Crippen LogP) is 8.13. The minimum atomic E-state index is -3.02. The molecule has 1 fully saturated rings. The third-order valence-corrected chi connectivity index (χ3v) is 15.0. The molecule has 2 aliphatic carbocycles. The van der Waals surface area contributed by atoms with Crippen LogP contribution in [0.1, 0.15) is 73.0 Å². The second-order valence-electron chi connectivity index (χ2n) is 15.9. The first-order chi connectivity index (χ1) is 25.5. The molecule has 7 nitrogen and oxygen atoms in total. The fourth-order valence-electron chi connectivity index (χ4n) is 9.12. The average Bonchev–Trinajstić information content (AvgIpc) is 3.29. The van der Waals surface area contributed by atoms with Gasteiger partial charge in [-0.25, -0.2) is 4.21 Å². The molecule has 0 saturated heterocycles. The number of carbonyl (C=O) groups excluding carboxylic acids is 1. The van der Waals surface area contributed by atoms with E-state index in [4.69, 9.17) is 16.3 Å². The van der Waals surface area contributed by atoms with Crippen molar-refractivity contribution in [2.45, 2.75) is 68.6 Å². The van der Waals surface area contributed by atoms with Crippen molar-refractivity contribution in [1.29, 1.82) is 0 Å². The Bertz CT molecular complexity index is 2170. The van der Waals surface area contributed by atoms with Crippen LogP contribution in [-0.4, -0.2) is 51.0 Å². The number of carbonyl (C=O) groups is 1. The summed E-state index contributed by atoms with van der Waals surface area (Å²) in [5, 5.41) is 13.3. The Balaban J connectivity index is 1.24. The van der Waals surface area contributed by atoms with Gasteiger partial charge in [0.2, 0.25) is 0 Å². The van der Waals surface area contributed by atoms with E-state index in [0.717, 1.165) is 59.5 Å². The highest BCUT2D eigenvalue weighted by Gasteiger charge is 2.49. The van der Waals surface area contributed by atoms with Gasteiger partial charge in [0.1, 0.15) is 11.4 Å². The highest BCUT2D eigenvalue weighted by atomic mass is 35.5. The van der Waals surface area contributed by atoms with Gasteiger partial charge in [0.05, 0.1) is 22.0 Å². The molecule has 1 unspecified atom stereocenters. The number of pyridine rings is 1. The van der Waals surface area contributed by atoms with Crippen LogP contribution < -0.4 is 14.4 Å². The number of halogens is 1. The number of amides is 1. The van der Waals surface area contributed by atoms with Crippen LogP contribution in [-0.2, 0) is 27.1 Å². The first-order valence-electron chi connectivity index (χ1n) is 18.9. The summed E-state index contributed by atoms with van der Waals surface area (Å²) in [5.74, 6) is 4.30. The number of fused-ring (bicyclic) bond motifs is 4. The summed E-state index contributed by atoms with van der Waals surface area (Å²) in [6, 6.07) is 24.0. The van der Waals surface area contributed by atoms with E-state index >= 15 is 0 Å². The Kier molecular flexibility index (Phi) is 9.45. The zero-order chi connectivity index (χ0) is 37.0. The lowest BCUT2D eigenvalue weighted by molar-refractivity contribution is -0.0502. The smallest absolute Gasteiger partial charge is 0.262 e. The quantitative estimate of drug-likeness (QED) is 0.159. The molecule has 53 heavy (non-hydrogen) atoms. The Morgan fingerprint density at radius 2 is 1.85 bits per heavy atom. The number of aromatic nitrogens is 1. The molecule has 276 valence electrons. The van der Waals surface area contributed by atoms with Crippen molar-refractivity contribution in [2.75, 3.05) is 24.6 Å². The van der Waals surface area contributed by atoms with E-state index in [1.807, 2.05) is 68.6 Å². The van der Waals surface area contributed by atoms with Crippen molar-refractivity contribution in [2.24, 2.45) is 17.8 Å². The number of rotatable bonds is 2. The summed E-state index contributed by atoms with van der Waals surface area (Å²) in [5.41, 5.74) is 4.93. The number of allylic oxidation sites excluding steroid dienone is 1. The molecule has 1 amide bonds. The summed E-state index contributed by atoms with van der Waals surface area (Å²) in [6.45, 7) is 5.74. The molecule has 3 aromatic carbocycles. The number of hydrogen-bond acceptors (Lipinski definition) is 6. The van der Waals surface area contributed by atoms with Crippen molar-refractivity contribution in [1.82, 2.24) is 9.71 Å². The van der Waals surface area contributed by atoms with Gasteiger partial charge in [0.15, 0.2) is 0 Å². The number of aliphatic hydroxyl groups is 1. The molecule has 1 spiro atoms. The second kappa shape index (κ2) is 13.9. The highest BCUT2D eigenvalue weighted by Crippen LogP contribution is 2.51. The lowest BCUT2D eigenvalue weighted by Gasteiger charge is -2.49. The maximum Gasteiger partial charge on any atom is 0.262 e. The number of hydrogen-bond donors (Lipinski definition) is 2. The lowest BCUT2D eigenvalue weighted by Crippen LogP contribution is -2.51. The standard InChI is InChI=1S/C44H48ClN3O4S/c1-29-9-7-20-44(50,36-21-35(24-46-25-36)31-10-5-4-6-11-31)39-16-13-34(39)26-48-27-43(19-8-12-32-22-37(45)15-17-38(32)43)28-52-41-18-14-33(23-40(41)48)42(49)47-53(3,51)30(29)2/h4-7,10-11,14-15,17-18,20-25,29-30,34,39,50H,3,8-9,12-13,16,19,26-28H2,1-2H3,(H,47,49,51)/b20-7+/t29-,30+,34-,39+,43-,44-,53?/m0/s1. The van der Waals surface area contributed by atoms with Crippen molar-refractivity contribution in [3.05, 3.63) is 125 Å². The third kappa shape index (κ3) is 6.68. The Hall–Kier alpha value is -4.11. The van der Waals surface area contributed by atoms with Crippen LogP contribution in [0.15, 0.2) is 97.3 Å². The molecule has 9 heteroatoms. The zero-order valence-electron chi connectivity index (χ0n) is 30.5. The van der Waals surface area contributed by atoms with E-state index in [-0.39, 0.29) is 23.2 Å². The first kappa shape index (κ1) is 35.9. The molecular formula is C44H48ClN3O4S. The molecule has 0 radical (unpaired) electrons. The molecule has 2 N–H and O–H groups in total. The van der Waals surface area contributed by atoms with Gasteiger partial charge in [0.25, 0.3) is 5.91 Å². The minimum Gasteiger partial charge on any atom is -0.490 e. The maximum atomic E-state index is 14.0. The monoisotopic (exact) mass is 749 g/mol. The van der Waals surface area contributed by atoms with Crippen LogP contribution >= 0.6 is 11.6 Å². The summed E-state index contributed by atoms with van der Waals surface area (Å²) in [4.78, 5) is 20.8. The van der Waals surface area contributed by atoms with Gasteiger partial charge in [-0.15, -0.1) is 0 Å². The first-order valence-corrected chi connectivity index (χ1v) is 21.0. The van der Waals surface area contributed by atoms with E-state index in [9.17, 15) is 14.1 Å². The Morgan fingerprint density at radius 1 is 1.02 bits per heavy atom. The number of nitrogens with zero attached hydrogens (tertiary/aromatic N) is 2. The van der Waals surface area contributed by atoms with Crippen LogP contribution in [0, 0.1) is 17.8 Å². The lowest BCUT2D eigenvalue weighted by atomic mass is 9.62. The van der Waals surface area contributed by atoms with Crippen LogP contribution in [0.5, 0.6) is 5.75 Å². The molecule has 3 heterocycles. The molecule has 1 saturated carbocycles. The molecule has 2 bridgehead atoms. The van der Waals surface area contributed by atoms with Crippen molar-refractivity contribution in [3.63, 3.8) is 0 Å². The van der Waals surface area contributed by atoms with Crippen LogP contribution in [0.3, 0.4) is 0 Å². The summed E-state index contributed by atoms with van der Waals surface area (Å²) >= 11 is 6.50. The van der Waals surface area contributed by atoms with E-state index in [1.165, 1.54) is 11.1 Å². The minimum absolute atomic E-state index is 0.0833. The number of nitrogens with one attached hydrogen (secondary N) is 1. The van der Waals surface area contributed by atoms with Crippen LogP contribution in [0.25, 0.3) is 11.1 Å². The molecule has 7 atom stereocenters. The van der Waals surface area contributed by atoms with E-state index in [1.54, 1.807) is 12.3 Å². The topological polar surface area (TPSA) is 91.8 Å².